The van der Waals surface area contributed by atoms with Gasteiger partial charge >= 0.3 is 6.03 Å². The van der Waals surface area contributed by atoms with E-state index in [1.165, 1.54) is 10.7 Å². The molecule has 3 N–H and O–H groups in total. The SMILES string of the molecule is O=C([O-])CC[C@H](NC(=O)N[C@@H](CCCCn1cc(COCCOCCNc2ccc([N+](=O)[O-])cc2[N+](=O)[O-])nn1)C(=O)[O-])C(=O)[O-]. The normalized spacial score (nSPS) is 12.1. The maximum absolute atomic E-state index is 12.0. The molecule has 2 rings (SSSR count). The fourth-order valence-electron chi connectivity index (χ4n) is 3.84. The molecule has 46 heavy (non-hydrogen) atoms. The predicted octanol–water partition coefficient (Wildman–Crippen LogP) is -3.02. The van der Waals surface area contributed by atoms with Crippen molar-refractivity contribution >= 4 is 41.0 Å². The first-order chi connectivity index (χ1) is 21.9. The number of hydrogen-bond donors (Lipinski definition) is 3. The highest BCUT2D eigenvalue weighted by atomic mass is 16.6. The Hall–Kier alpha value is -5.44. The Morgan fingerprint density at radius 2 is 1.57 bits per heavy atom. The molecule has 2 amide bonds. The number of nitro groups is 2. The average Bonchev–Trinajstić information content (AvgIpc) is 3.45. The van der Waals surface area contributed by atoms with E-state index in [9.17, 15) is 54.7 Å². The number of nitro benzene ring substituents is 2. The summed E-state index contributed by atoms with van der Waals surface area (Å²) >= 11 is 0. The number of benzene rings is 1. The number of urea groups is 1. The third kappa shape index (κ3) is 13.5. The topological polar surface area (TPSA) is 309 Å². The summed E-state index contributed by atoms with van der Waals surface area (Å²) in [4.78, 5) is 65.5. The summed E-state index contributed by atoms with van der Waals surface area (Å²) in [5.74, 6) is -4.86. The molecule has 0 fully saturated rings. The van der Waals surface area contributed by atoms with Gasteiger partial charge in [0.15, 0.2) is 0 Å². The number of carboxylic acids is 3. The molecular formula is C25H31N8O13-3. The summed E-state index contributed by atoms with van der Waals surface area (Å²) in [6.07, 6.45) is 1.16. The minimum absolute atomic E-state index is 0.0459. The second-order valence-electron chi connectivity index (χ2n) is 9.55. The van der Waals surface area contributed by atoms with Crippen molar-refractivity contribution in [1.29, 1.82) is 0 Å². The molecule has 21 nitrogen and oxygen atoms in total. The number of carboxylic acid groups (broad SMARTS) is 3. The summed E-state index contributed by atoms with van der Waals surface area (Å²) in [6.45, 7) is 1.27. The van der Waals surface area contributed by atoms with E-state index in [-0.39, 0.29) is 45.1 Å². The highest BCUT2D eigenvalue weighted by Gasteiger charge is 2.20. The van der Waals surface area contributed by atoms with Gasteiger partial charge in [0, 0.05) is 25.1 Å². The van der Waals surface area contributed by atoms with Crippen molar-refractivity contribution in [2.24, 2.45) is 0 Å². The molecule has 1 heterocycles. The number of nitrogens with zero attached hydrogens (tertiary/aromatic N) is 5. The fourth-order valence-corrected chi connectivity index (χ4v) is 3.84. The molecule has 0 saturated carbocycles. The Labute approximate surface area is 260 Å². The predicted molar refractivity (Wildman–Crippen MR) is 146 cm³/mol. The van der Waals surface area contributed by atoms with Crippen LogP contribution in [0.25, 0.3) is 0 Å². The zero-order valence-electron chi connectivity index (χ0n) is 24.3. The molecule has 0 spiro atoms. The second kappa shape index (κ2) is 19.1. The number of nitrogens with one attached hydrogen (secondary N) is 3. The number of carbonyl (C=O) groups excluding carboxylic acids is 4. The first-order valence-corrected chi connectivity index (χ1v) is 13.8. The van der Waals surface area contributed by atoms with Crippen LogP contribution in [0.4, 0.5) is 21.9 Å². The van der Waals surface area contributed by atoms with Gasteiger partial charge in [-0.05, 0) is 38.2 Å². The molecule has 0 bridgehead atoms. The summed E-state index contributed by atoms with van der Waals surface area (Å²) in [6, 6.07) is -0.969. The van der Waals surface area contributed by atoms with Crippen LogP contribution in [-0.2, 0) is 37.0 Å². The third-order valence-electron chi connectivity index (χ3n) is 6.11. The zero-order chi connectivity index (χ0) is 34.1. The number of rotatable bonds is 23. The van der Waals surface area contributed by atoms with E-state index in [0.717, 1.165) is 12.1 Å². The standard InChI is InChI=1S/C25H34N8O13/c34-22(35)7-6-20(24(38)39)28-25(40)27-19(23(36)37)3-1-2-9-31-14-16(29-30-31)15-46-12-11-45-10-8-26-18-5-4-17(32(41)42)13-21(18)33(43)44/h4-5,13-14,19-20,26H,1-3,6-12,15H2,(H,34,35)(H,36,37)(H,38,39)(H2,27,28,40)/p-3/t19-,20-/m0/s1. The van der Waals surface area contributed by atoms with Gasteiger partial charge in [0.05, 0.1) is 72.6 Å². The Morgan fingerprint density at radius 3 is 2.20 bits per heavy atom. The number of amides is 2. The third-order valence-corrected chi connectivity index (χ3v) is 6.11. The number of ether oxygens (including phenoxy) is 2. The molecule has 0 saturated heterocycles. The lowest BCUT2D eigenvalue weighted by atomic mass is 10.1. The van der Waals surface area contributed by atoms with Gasteiger partial charge in [-0.3, -0.25) is 24.9 Å². The largest absolute Gasteiger partial charge is 0.550 e. The number of aryl methyl sites for hydroxylation is 1. The van der Waals surface area contributed by atoms with Gasteiger partial charge in [-0.15, -0.1) is 5.10 Å². The molecule has 0 aliphatic rings. The second-order valence-corrected chi connectivity index (χ2v) is 9.55. The maximum Gasteiger partial charge on any atom is 0.315 e. The fraction of sp³-hybridized carbons (Fsp3) is 0.520. The van der Waals surface area contributed by atoms with Crippen LogP contribution in [0.3, 0.4) is 0 Å². The molecule has 2 atom stereocenters. The van der Waals surface area contributed by atoms with Crippen molar-refractivity contribution in [1.82, 2.24) is 25.6 Å². The number of non-ortho nitro benzene ring substituents is 1. The van der Waals surface area contributed by atoms with Crippen molar-refractivity contribution in [2.75, 3.05) is 31.7 Å². The number of carbonyl (C=O) groups is 4. The lowest BCUT2D eigenvalue weighted by molar-refractivity contribution is -0.393. The Morgan fingerprint density at radius 1 is 0.891 bits per heavy atom. The summed E-state index contributed by atoms with van der Waals surface area (Å²) in [5.41, 5.74) is -0.186. The van der Waals surface area contributed by atoms with Crippen LogP contribution >= 0.6 is 0 Å². The Balaban J connectivity index is 1.62. The minimum atomic E-state index is -1.74. The number of hydrogen-bond acceptors (Lipinski definition) is 16. The number of aliphatic carboxylic acids is 3. The van der Waals surface area contributed by atoms with Gasteiger partial charge in [-0.2, -0.15) is 0 Å². The molecule has 21 heteroatoms. The Bertz CT molecular complexity index is 1370. The Kier molecular flexibility index (Phi) is 15.2. The molecule has 0 aliphatic heterocycles. The first-order valence-electron chi connectivity index (χ1n) is 13.8. The quantitative estimate of drug-likeness (QED) is 0.0611. The van der Waals surface area contributed by atoms with E-state index in [2.05, 4.69) is 20.9 Å². The van der Waals surface area contributed by atoms with Gasteiger partial charge in [0.25, 0.3) is 11.4 Å². The van der Waals surface area contributed by atoms with Gasteiger partial charge in [-0.1, -0.05) is 5.21 Å². The molecule has 0 aliphatic carbocycles. The van der Waals surface area contributed by atoms with E-state index in [4.69, 9.17) is 9.47 Å². The van der Waals surface area contributed by atoms with Crippen LogP contribution in [0.5, 0.6) is 0 Å². The summed E-state index contributed by atoms with van der Waals surface area (Å²) in [7, 11) is 0. The molecule has 1 aromatic heterocycles. The molecule has 0 unspecified atom stereocenters. The zero-order valence-corrected chi connectivity index (χ0v) is 24.3. The first kappa shape index (κ1) is 36.8. The number of unbranched alkanes of at least 4 members (excludes halogenated alkanes) is 1. The van der Waals surface area contributed by atoms with Crippen LogP contribution in [0.15, 0.2) is 24.4 Å². The van der Waals surface area contributed by atoms with Crippen LogP contribution in [0.2, 0.25) is 0 Å². The lowest BCUT2D eigenvalue weighted by Crippen LogP contribution is -2.56. The highest BCUT2D eigenvalue weighted by molar-refractivity contribution is 5.85. The average molecular weight is 652 g/mol. The van der Waals surface area contributed by atoms with Crippen LogP contribution < -0.4 is 31.3 Å². The van der Waals surface area contributed by atoms with Gasteiger partial charge < -0.3 is 55.1 Å². The van der Waals surface area contributed by atoms with Crippen molar-refractivity contribution < 1.29 is 53.8 Å². The van der Waals surface area contributed by atoms with Crippen molar-refractivity contribution in [3.8, 4) is 0 Å². The van der Waals surface area contributed by atoms with Crippen LogP contribution in [0.1, 0.15) is 37.8 Å². The highest BCUT2D eigenvalue weighted by Crippen LogP contribution is 2.28. The number of aromatic nitrogens is 3. The van der Waals surface area contributed by atoms with E-state index >= 15 is 0 Å². The van der Waals surface area contributed by atoms with E-state index in [1.54, 1.807) is 6.20 Å². The van der Waals surface area contributed by atoms with Gasteiger partial charge in [0.1, 0.15) is 11.4 Å². The van der Waals surface area contributed by atoms with E-state index < -0.39 is 70.1 Å². The summed E-state index contributed by atoms with van der Waals surface area (Å²) < 4.78 is 12.4. The van der Waals surface area contributed by atoms with Crippen molar-refractivity contribution in [2.45, 2.75) is 57.3 Å². The molecular weight excluding hydrogens is 620 g/mol. The summed E-state index contributed by atoms with van der Waals surface area (Å²) in [5, 5.41) is 69.7. The molecule has 0 radical (unpaired) electrons. The van der Waals surface area contributed by atoms with Gasteiger partial charge in [-0.25, -0.2) is 4.79 Å². The van der Waals surface area contributed by atoms with Gasteiger partial charge in [0.2, 0.25) is 0 Å². The monoisotopic (exact) mass is 651 g/mol. The van der Waals surface area contributed by atoms with Crippen LogP contribution in [-0.4, -0.2) is 87.2 Å². The van der Waals surface area contributed by atoms with Crippen molar-refractivity contribution in [3.63, 3.8) is 0 Å². The van der Waals surface area contributed by atoms with Crippen molar-refractivity contribution in [3.05, 3.63) is 50.3 Å². The van der Waals surface area contributed by atoms with E-state index in [1.807, 2.05) is 5.32 Å². The minimum Gasteiger partial charge on any atom is -0.550 e. The smallest absolute Gasteiger partial charge is 0.315 e. The maximum atomic E-state index is 12.0. The molecule has 252 valence electrons. The molecule has 2 aromatic rings. The number of anilines is 1. The molecule has 1 aromatic carbocycles. The van der Waals surface area contributed by atoms with Crippen LogP contribution in [0, 0.1) is 20.2 Å². The lowest BCUT2D eigenvalue weighted by Gasteiger charge is -2.24. The van der Waals surface area contributed by atoms with E-state index in [0.29, 0.717) is 25.1 Å².